The second-order valence-corrected chi connectivity index (χ2v) is 5.57. The summed E-state index contributed by atoms with van der Waals surface area (Å²) in [5, 5.41) is 9.98. The number of phenols is 1. The minimum Gasteiger partial charge on any atom is -0.507 e. The molecule has 4 nitrogen and oxygen atoms in total. The van der Waals surface area contributed by atoms with Gasteiger partial charge in [-0.3, -0.25) is 4.79 Å². The molecule has 0 radical (unpaired) electrons. The van der Waals surface area contributed by atoms with Crippen LogP contribution in [0.2, 0.25) is 0 Å². The fraction of sp³-hybridized carbons (Fsp3) is 0.316. The molecular weight excluding hydrogens is 292 g/mol. The van der Waals surface area contributed by atoms with Gasteiger partial charge in [-0.2, -0.15) is 0 Å². The van der Waals surface area contributed by atoms with Gasteiger partial charge in [0.25, 0.3) is 0 Å². The summed E-state index contributed by atoms with van der Waals surface area (Å²) in [6.07, 6.45) is 0.900. The Hall–Kier alpha value is -2.49. The first-order valence-corrected chi connectivity index (χ1v) is 7.50. The molecule has 2 aromatic carbocycles. The van der Waals surface area contributed by atoms with Crippen LogP contribution in [0.4, 0.5) is 0 Å². The Morgan fingerprint density at radius 1 is 1.00 bits per heavy atom. The number of hydrogen-bond donors (Lipinski definition) is 1. The first-order chi connectivity index (χ1) is 11.0. The number of hydrogen-bond acceptors (Lipinski definition) is 4. The van der Waals surface area contributed by atoms with Crippen molar-refractivity contribution in [3.63, 3.8) is 0 Å². The van der Waals surface area contributed by atoms with Gasteiger partial charge in [0, 0.05) is 6.42 Å². The van der Waals surface area contributed by atoms with E-state index in [9.17, 15) is 9.90 Å². The molecule has 122 valence electrons. The highest BCUT2D eigenvalue weighted by molar-refractivity contribution is 5.99. The summed E-state index contributed by atoms with van der Waals surface area (Å²) in [4.78, 5) is 12.4. The Morgan fingerprint density at radius 2 is 1.65 bits per heavy atom. The highest BCUT2D eigenvalue weighted by Crippen LogP contribution is 2.29. The Kier molecular flexibility index (Phi) is 5.27. The maximum Gasteiger partial charge on any atom is 0.166 e. The van der Waals surface area contributed by atoms with Crippen LogP contribution in [-0.4, -0.2) is 25.1 Å². The van der Waals surface area contributed by atoms with Gasteiger partial charge in [0.2, 0.25) is 0 Å². The predicted molar refractivity (Wildman–Crippen MR) is 89.8 cm³/mol. The number of carbonyl (C=O) groups excluding carboxylic acids is 1. The predicted octanol–water partition coefficient (Wildman–Crippen LogP) is 3.84. The summed E-state index contributed by atoms with van der Waals surface area (Å²) in [5.74, 6) is 1.28. The molecule has 0 unspecified atom stereocenters. The number of methoxy groups -OCH3 is 2. The number of ether oxygens (including phenoxy) is 2. The van der Waals surface area contributed by atoms with Crippen molar-refractivity contribution in [2.75, 3.05) is 14.2 Å². The Labute approximate surface area is 136 Å². The van der Waals surface area contributed by atoms with Crippen molar-refractivity contribution >= 4 is 5.78 Å². The van der Waals surface area contributed by atoms with Crippen LogP contribution in [0.15, 0.2) is 30.3 Å². The SMILES string of the molecule is COc1ccc(CCC(=O)c2cc(C)c(C)cc2O)cc1OC. The van der Waals surface area contributed by atoms with E-state index in [0.29, 0.717) is 29.9 Å². The van der Waals surface area contributed by atoms with Crippen molar-refractivity contribution in [2.45, 2.75) is 26.7 Å². The van der Waals surface area contributed by atoms with Gasteiger partial charge in [-0.15, -0.1) is 0 Å². The molecule has 0 aliphatic heterocycles. The van der Waals surface area contributed by atoms with Crippen molar-refractivity contribution < 1.29 is 19.4 Å². The summed E-state index contributed by atoms with van der Waals surface area (Å²) < 4.78 is 10.5. The average Bonchev–Trinajstić information content (AvgIpc) is 2.55. The van der Waals surface area contributed by atoms with Crippen LogP contribution < -0.4 is 9.47 Å². The van der Waals surface area contributed by atoms with Crippen LogP contribution in [0.1, 0.15) is 33.5 Å². The molecule has 0 bridgehead atoms. The molecular formula is C19H22O4. The molecule has 0 spiro atoms. The van der Waals surface area contributed by atoms with Crippen LogP contribution >= 0.6 is 0 Å². The van der Waals surface area contributed by atoms with E-state index in [1.807, 2.05) is 32.0 Å². The number of aromatic hydroxyl groups is 1. The average molecular weight is 314 g/mol. The van der Waals surface area contributed by atoms with E-state index in [1.54, 1.807) is 26.4 Å². The lowest BCUT2D eigenvalue weighted by Gasteiger charge is -2.10. The number of Topliss-reactive ketones (excluding diaryl/α,β-unsaturated/α-hetero) is 1. The molecule has 23 heavy (non-hydrogen) atoms. The van der Waals surface area contributed by atoms with Gasteiger partial charge in [-0.1, -0.05) is 6.07 Å². The van der Waals surface area contributed by atoms with E-state index in [1.165, 1.54) is 0 Å². The molecule has 0 saturated carbocycles. The Balaban J connectivity index is 2.12. The molecule has 0 amide bonds. The van der Waals surface area contributed by atoms with Crippen LogP contribution in [0.25, 0.3) is 0 Å². The van der Waals surface area contributed by atoms with Gasteiger partial charge in [0.1, 0.15) is 5.75 Å². The summed E-state index contributed by atoms with van der Waals surface area (Å²) >= 11 is 0. The summed E-state index contributed by atoms with van der Waals surface area (Å²) in [7, 11) is 3.17. The largest absolute Gasteiger partial charge is 0.507 e. The van der Waals surface area contributed by atoms with Crippen LogP contribution in [0, 0.1) is 13.8 Å². The number of ketones is 1. The van der Waals surface area contributed by atoms with E-state index in [2.05, 4.69) is 0 Å². The third kappa shape index (κ3) is 3.83. The molecule has 4 heteroatoms. The topological polar surface area (TPSA) is 55.8 Å². The Bertz CT molecular complexity index is 720. The molecule has 0 atom stereocenters. The number of benzene rings is 2. The fourth-order valence-electron chi connectivity index (χ4n) is 2.45. The molecule has 2 aromatic rings. The highest BCUT2D eigenvalue weighted by Gasteiger charge is 2.13. The highest BCUT2D eigenvalue weighted by atomic mass is 16.5. The first-order valence-electron chi connectivity index (χ1n) is 7.50. The Morgan fingerprint density at radius 3 is 2.30 bits per heavy atom. The van der Waals surface area contributed by atoms with Crippen molar-refractivity contribution in [2.24, 2.45) is 0 Å². The smallest absolute Gasteiger partial charge is 0.166 e. The van der Waals surface area contributed by atoms with Crippen molar-refractivity contribution in [1.82, 2.24) is 0 Å². The zero-order valence-corrected chi connectivity index (χ0v) is 14.0. The number of carbonyl (C=O) groups is 1. The van der Waals surface area contributed by atoms with Gasteiger partial charge in [0.15, 0.2) is 17.3 Å². The minimum atomic E-state index is -0.0691. The van der Waals surface area contributed by atoms with Gasteiger partial charge in [0.05, 0.1) is 19.8 Å². The first kappa shape index (κ1) is 16.9. The number of aryl methyl sites for hydroxylation is 3. The molecule has 2 rings (SSSR count). The lowest BCUT2D eigenvalue weighted by atomic mass is 9.98. The molecule has 0 fully saturated rings. The normalized spacial score (nSPS) is 10.4. The fourth-order valence-corrected chi connectivity index (χ4v) is 2.45. The zero-order valence-electron chi connectivity index (χ0n) is 14.0. The van der Waals surface area contributed by atoms with E-state index >= 15 is 0 Å². The number of rotatable bonds is 6. The quantitative estimate of drug-likeness (QED) is 0.823. The van der Waals surface area contributed by atoms with Crippen molar-refractivity contribution in [3.8, 4) is 17.2 Å². The lowest BCUT2D eigenvalue weighted by Crippen LogP contribution is -2.03. The molecule has 1 N–H and O–H groups in total. The van der Waals surface area contributed by atoms with E-state index in [0.717, 1.165) is 16.7 Å². The van der Waals surface area contributed by atoms with E-state index in [-0.39, 0.29) is 11.5 Å². The van der Waals surface area contributed by atoms with Crippen molar-refractivity contribution in [3.05, 3.63) is 52.6 Å². The van der Waals surface area contributed by atoms with Crippen molar-refractivity contribution in [1.29, 1.82) is 0 Å². The maximum atomic E-state index is 12.4. The summed E-state index contributed by atoms with van der Waals surface area (Å²) in [6.45, 7) is 3.84. The maximum absolute atomic E-state index is 12.4. The van der Waals surface area contributed by atoms with Crippen LogP contribution in [-0.2, 0) is 6.42 Å². The van der Waals surface area contributed by atoms with Gasteiger partial charge >= 0.3 is 0 Å². The molecule has 0 saturated heterocycles. The zero-order chi connectivity index (χ0) is 17.0. The third-order valence-electron chi connectivity index (χ3n) is 4.00. The standard InChI is InChI=1S/C19H22O4/c1-12-9-15(17(21)10-13(12)2)16(20)7-5-14-6-8-18(22-3)19(11-14)23-4/h6,8-11,21H,5,7H2,1-4H3. The minimum absolute atomic E-state index is 0.0467. The van der Waals surface area contributed by atoms with E-state index in [4.69, 9.17) is 9.47 Å². The molecule has 0 aromatic heterocycles. The van der Waals surface area contributed by atoms with Gasteiger partial charge in [-0.05, 0) is 61.2 Å². The van der Waals surface area contributed by atoms with Gasteiger partial charge in [-0.25, -0.2) is 0 Å². The second kappa shape index (κ2) is 7.18. The molecule has 0 aliphatic carbocycles. The van der Waals surface area contributed by atoms with Crippen LogP contribution in [0.3, 0.4) is 0 Å². The van der Waals surface area contributed by atoms with Gasteiger partial charge < -0.3 is 14.6 Å². The summed E-state index contributed by atoms with van der Waals surface area (Å²) in [6, 6.07) is 8.99. The second-order valence-electron chi connectivity index (χ2n) is 5.57. The number of phenolic OH excluding ortho intramolecular Hbond substituents is 1. The van der Waals surface area contributed by atoms with Crippen LogP contribution in [0.5, 0.6) is 17.2 Å². The monoisotopic (exact) mass is 314 g/mol. The summed E-state index contributed by atoms with van der Waals surface area (Å²) in [5.41, 5.74) is 3.34. The lowest BCUT2D eigenvalue weighted by molar-refractivity contribution is 0.0980. The molecule has 0 aliphatic rings. The van der Waals surface area contributed by atoms with E-state index < -0.39 is 0 Å². The third-order valence-corrected chi connectivity index (χ3v) is 4.00. The molecule has 0 heterocycles.